The Labute approximate surface area is 134 Å². The lowest BCUT2D eigenvalue weighted by atomic mass is 9.97. The molecule has 0 bridgehead atoms. The third-order valence-electron chi connectivity index (χ3n) is 4.24. The zero-order valence-corrected chi connectivity index (χ0v) is 13.4. The summed E-state index contributed by atoms with van der Waals surface area (Å²) >= 11 is 0. The van der Waals surface area contributed by atoms with E-state index in [1.807, 2.05) is 11.8 Å². The van der Waals surface area contributed by atoms with E-state index in [-0.39, 0.29) is 5.91 Å². The molecule has 0 radical (unpaired) electrons. The molecule has 2 aromatic rings. The Morgan fingerprint density at radius 3 is 2.78 bits per heavy atom. The standard InChI is InChI=1S/C15H22N6O2/c1-10-7-16-14(17-10)15(23)20-5-3-12(4-6-20)8-21-9-13(11(2)22)18-19-21/h7,9,11-12,22H,3-6,8H2,1-2H3,(H,16,17). The molecule has 0 spiro atoms. The van der Waals surface area contributed by atoms with Gasteiger partial charge < -0.3 is 15.0 Å². The second-order valence-electron chi connectivity index (χ2n) is 6.19. The molecule has 1 atom stereocenters. The lowest BCUT2D eigenvalue weighted by Gasteiger charge is -2.31. The van der Waals surface area contributed by atoms with E-state index in [1.54, 1.807) is 24.0 Å². The topological polar surface area (TPSA) is 99.9 Å². The van der Waals surface area contributed by atoms with Crippen molar-refractivity contribution in [2.75, 3.05) is 13.1 Å². The predicted octanol–water partition coefficient (Wildman–Crippen LogP) is 0.915. The molecular weight excluding hydrogens is 296 g/mol. The van der Waals surface area contributed by atoms with Crippen LogP contribution in [0, 0.1) is 12.8 Å². The highest BCUT2D eigenvalue weighted by molar-refractivity contribution is 5.90. The van der Waals surface area contributed by atoms with Crippen LogP contribution < -0.4 is 0 Å². The first-order valence-electron chi connectivity index (χ1n) is 7.92. The van der Waals surface area contributed by atoms with Gasteiger partial charge in [-0.1, -0.05) is 5.21 Å². The number of nitrogens with one attached hydrogen (secondary N) is 1. The van der Waals surface area contributed by atoms with Gasteiger partial charge >= 0.3 is 0 Å². The van der Waals surface area contributed by atoms with Crippen molar-refractivity contribution in [3.05, 3.63) is 29.6 Å². The third kappa shape index (κ3) is 3.58. The zero-order chi connectivity index (χ0) is 16.4. The molecule has 124 valence electrons. The van der Waals surface area contributed by atoms with Crippen molar-refractivity contribution in [3.8, 4) is 0 Å². The number of hydrogen-bond donors (Lipinski definition) is 2. The number of likely N-dealkylation sites (tertiary alicyclic amines) is 1. The molecule has 1 aliphatic rings. The maximum Gasteiger partial charge on any atom is 0.289 e. The van der Waals surface area contributed by atoms with Crippen LogP contribution in [0.1, 0.15) is 47.9 Å². The fourth-order valence-corrected chi connectivity index (χ4v) is 2.85. The summed E-state index contributed by atoms with van der Waals surface area (Å²) < 4.78 is 1.78. The summed E-state index contributed by atoms with van der Waals surface area (Å²) in [5.41, 5.74) is 1.48. The summed E-state index contributed by atoms with van der Waals surface area (Å²) in [4.78, 5) is 21.3. The number of nitrogens with zero attached hydrogens (tertiary/aromatic N) is 5. The van der Waals surface area contributed by atoms with Crippen LogP contribution in [0.4, 0.5) is 0 Å². The van der Waals surface area contributed by atoms with E-state index in [0.29, 0.717) is 17.4 Å². The Kier molecular flexibility index (Phi) is 4.42. The van der Waals surface area contributed by atoms with Gasteiger partial charge in [-0.15, -0.1) is 5.10 Å². The lowest BCUT2D eigenvalue weighted by Crippen LogP contribution is -2.39. The summed E-state index contributed by atoms with van der Waals surface area (Å²) in [7, 11) is 0. The molecule has 1 aliphatic heterocycles. The molecule has 1 amide bonds. The Morgan fingerprint density at radius 1 is 1.48 bits per heavy atom. The molecule has 0 aliphatic carbocycles. The number of amides is 1. The highest BCUT2D eigenvalue weighted by atomic mass is 16.3. The molecule has 3 heterocycles. The Bertz CT molecular complexity index is 669. The van der Waals surface area contributed by atoms with E-state index in [9.17, 15) is 9.90 Å². The summed E-state index contributed by atoms with van der Waals surface area (Å²) in [5.74, 6) is 0.841. The number of aryl methyl sites for hydroxylation is 1. The number of rotatable bonds is 4. The van der Waals surface area contributed by atoms with Crippen LogP contribution in [0.15, 0.2) is 12.4 Å². The van der Waals surface area contributed by atoms with Crippen LogP contribution in [-0.2, 0) is 6.54 Å². The van der Waals surface area contributed by atoms with Gasteiger partial charge in [-0.05, 0) is 32.6 Å². The second kappa shape index (κ2) is 6.49. The molecule has 2 N–H and O–H groups in total. The van der Waals surface area contributed by atoms with E-state index in [2.05, 4.69) is 20.3 Å². The fraction of sp³-hybridized carbons (Fsp3) is 0.600. The second-order valence-corrected chi connectivity index (χ2v) is 6.19. The first-order valence-corrected chi connectivity index (χ1v) is 7.92. The van der Waals surface area contributed by atoms with Crippen LogP contribution >= 0.6 is 0 Å². The summed E-state index contributed by atoms with van der Waals surface area (Å²) in [6.45, 7) is 5.77. The highest BCUT2D eigenvalue weighted by Gasteiger charge is 2.25. The molecule has 0 saturated carbocycles. The quantitative estimate of drug-likeness (QED) is 0.873. The van der Waals surface area contributed by atoms with Crippen LogP contribution in [0.3, 0.4) is 0 Å². The zero-order valence-electron chi connectivity index (χ0n) is 13.4. The normalized spacial score (nSPS) is 17.4. The first kappa shape index (κ1) is 15.7. The first-order chi connectivity index (χ1) is 11.0. The average molecular weight is 318 g/mol. The summed E-state index contributed by atoms with van der Waals surface area (Å²) in [6.07, 6.45) is 4.71. The van der Waals surface area contributed by atoms with Crippen LogP contribution in [0.5, 0.6) is 0 Å². The maximum absolute atomic E-state index is 12.3. The van der Waals surface area contributed by atoms with Crippen LogP contribution in [-0.4, -0.2) is 54.0 Å². The molecule has 1 fully saturated rings. The number of H-pyrrole nitrogens is 1. The van der Waals surface area contributed by atoms with Gasteiger partial charge in [0.25, 0.3) is 5.91 Å². The van der Waals surface area contributed by atoms with Gasteiger partial charge in [0.15, 0.2) is 5.82 Å². The van der Waals surface area contributed by atoms with Crippen molar-refractivity contribution in [1.29, 1.82) is 0 Å². The smallest absolute Gasteiger partial charge is 0.289 e. The molecule has 1 saturated heterocycles. The highest BCUT2D eigenvalue weighted by Crippen LogP contribution is 2.20. The molecule has 8 heteroatoms. The van der Waals surface area contributed by atoms with Crippen molar-refractivity contribution >= 4 is 5.91 Å². The van der Waals surface area contributed by atoms with E-state index in [0.717, 1.165) is 38.2 Å². The van der Waals surface area contributed by atoms with Crippen LogP contribution in [0.25, 0.3) is 0 Å². The van der Waals surface area contributed by atoms with E-state index in [4.69, 9.17) is 0 Å². The summed E-state index contributed by atoms with van der Waals surface area (Å²) in [6, 6.07) is 0. The van der Waals surface area contributed by atoms with Gasteiger partial charge in [-0.25, -0.2) is 4.98 Å². The molecule has 0 aromatic carbocycles. The van der Waals surface area contributed by atoms with Gasteiger partial charge in [0, 0.05) is 31.5 Å². The molecule has 3 rings (SSSR count). The summed E-state index contributed by atoms with van der Waals surface area (Å²) in [5, 5.41) is 17.5. The number of aliphatic hydroxyl groups is 1. The number of hydrogen-bond acceptors (Lipinski definition) is 5. The number of piperidine rings is 1. The van der Waals surface area contributed by atoms with Gasteiger partial charge in [-0.2, -0.15) is 0 Å². The van der Waals surface area contributed by atoms with Gasteiger partial charge in [0.1, 0.15) is 5.69 Å². The number of carbonyl (C=O) groups excluding carboxylic acids is 1. The minimum atomic E-state index is -0.597. The van der Waals surface area contributed by atoms with E-state index >= 15 is 0 Å². The maximum atomic E-state index is 12.3. The third-order valence-corrected chi connectivity index (χ3v) is 4.24. The van der Waals surface area contributed by atoms with Gasteiger partial charge in [0.05, 0.1) is 12.3 Å². The van der Waals surface area contributed by atoms with Gasteiger partial charge in [-0.3, -0.25) is 9.48 Å². The number of carbonyl (C=O) groups is 1. The monoisotopic (exact) mass is 318 g/mol. The average Bonchev–Trinajstić information content (AvgIpc) is 3.16. The van der Waals surface area contributed by atoms with Gasteiger partial charge in [0.2, 0.25) is 0 Å². The molecule has 23 heavy (non-hydrogen) atoms. The van der Waals surface area contributed by atoms with Crippen molar-refractivity contribution in [2.45, 2.75) is 39.3 Å². The predicted molar refractivity (Wildman–Crippen MR) is 82.6 cm³/mol. The molecule has 8 nitrogen and oxygen atoms in total. The fourth-order valence-electron chi connectivity index (χ4n) is 2.85. The number of imidazole rings is 1. The van der Waals surface area contributed by atoms with Crippen molar-refractivity contribution in [1.82, 2.24) is 29.9 Å². The molecule has 1 unspecified atom stereocenters. The Balaban J connectivity index is 1.52. The van der Waals surface area contributed by atoms with Crippen molar-refractivity contribution < 1.29 is 9.90 Å². The Morgan fingerprint density at radius 2 is 2.22 bits per heavy atom. The lowest BCUT2D eigenvalue weighted by molar-refractivity contribution is 0.0669. The van der Waals surface area contributed by atoms with Crippen LogP contribution in [0.2, 0.25) is 0 Å². The molecule has 2 aromatic heterocycles. The largest absolute Gasteiger partial charge is 0.387 e. The minimum Gasteiger partial charge on any atom is -0.387 e. The van der Waals surface area contributed by atoms with Crippen molar-refractivity contribution in [3.63, 3.8) is 0 Å². The van der Waals surface area contributed by atoms with Crippen molar-refractivity contribution in [2.24, 2.45) is 5.92 Å². The molecular formula is C15H22N6O2. The minimum absolute atomic E-state index is 0.0336. The number of aromatic nitrogens is 5. The number of aromatic amines is 1. The SMILES string of the molecule is Cc1cnc(C(=O)N2CCC(Cn3cc(C(C)O)nn3)CC2)[nH]1. The van der Waals surface area contributed by atoms with E-state index < -0.39 is 6.10 Å². The van der Waals surface area contributed by atoms with E-state index in [1.165, 1.54) is 0 Å². The Hall–Kier alpha value is -2.22. The number of aliphatic hydroxyl groups excluding tert-OH is 1.